The molecule has 0 aromatic heterocycles. The van der Waals surface area contributed by atoms with Gasteiger partial charge >= 0.3 is 0 Å². The van der Waals surface area contributed by atoms with E-state index in [4.69, 9.17) is 4.74 Å². The molecule has 1 aromatic rings. The summed E-state index contributed by atoms with van der Waals surface area (Å²) in [6.45, 7) is 6.07. The van der Waals surface area contributed by atoms with Gasteiger partial charge in [-0.25, -0.2) is 0 Å². The molecule has 0 amide bonds. The van der Waals surface area contributed by atoms with Crippen molar-refractivity contribution in [1.29, 1.82) is 0 Å². The van der Waals surface area contributed by atoms with Crippen molar-refractivity contribution in [3.05, 3.63) is 28.8 Å². The van der Waals surface area contributed by atoms with Gasteiger partial charge in [-0.05, 0) is 25.0 Å². The van der Waals surface area contributed by atoms with E-state index in [2.05, 4.69) is 36.3 Å². The summed E-state index contributed by atoms with van der Waals surface area (Å²) in [5.41, 5.74) is 3.89. The average molecular weight is 253 g/mol. The van der Waals surface area contributed by atoms with Gasteiger partial charge in [0, 0.05) is 18.5 Å². The third-order valence-corrected chi connectivity index (χ3v) is 3.35. The third-order valence-electron chi connectivity index (χ3n) is 3.35. The summed E-state index contributed by atoms with van der Waals surface area (Å²) in [5, 5.41) is 3.30. The molecule has 0 bridgehead atoms. The van der Waals surface area contributed by atoms with Crippen LogP contribution in [0.3, 0.4) is 0 Å². The molecule has 0 spiro atoms. The summed E-state index contributed by atoms with van der Waals surface area (Å²) in [6.07, 6.45) is 1.06. The van der Waals surface area contributed by atoms with Crippen LogP contribution >= 0.6 is 12.4 Å². The summed E-state index contributed by atoms with van der Waals surface area (Å²) >= 11 is 0. The van der Waals surface area contributed by atoms with Crippen LogP contribution in [0.25, 0.3) is 0 Å². The number of aliphatic imine (C=N–C) groups is 1. The second kappa shape index (κ2) is 4.57. The number of hydrogen-bond acceptors (Lipinski definition) is 3. The monoisotopic (exact) mass is 252 g/mol. The molecule has 1 atom stereocenters. The smallest absolute Gasteiger partial charge is 0.159 e. The lowest BCUT2D eigenvalue weighted by Gasteiger charge is -2.11. The van der Waals surface area contributed by atoms with E-state index in [1.165, 1.54) is 16.7 Å². The van der Waals surface area contributed by atoms with Crippen molar-refractivity contribution >= 4 is 18.2 Å². The van der Waals surface area contributed by atoms with Crippen LogP contribution in [0.5, 0.6) is 5.75 Å². The summed E-state index contributed by atoms with van der Waals surface area (Å²) in [6, 6.07) is 4.30. The molecule has 2 aliphatic rings. The maximum absolute atomic E-state index is 6.01. The van der Waals surface area contributed by atoms with E-state index in [9.17, 15) is 0 Å². The number of nitrogens with one attached hydrogen (secondary N) is 1. The van der Waals surface area contributed by atoms with E-state index < -0.39 is 0 Å². The van der Waals surface area contributed by atoms with Gasteiger partial charge in [-0.3, -0.25) is 4.99 Å². The summed E-state index contributed by atoms with van der Waals surface area (Å²) < 4.78 is 6.01. The Balaban J connectivity index is 0.00000108. The number of aryl methyl sites for hydroxylation is 2. The molecule has 1 unspecified atom stereocenters. The van der Waals surface area contributed by atoms with Gasteiger partial charge in [-0.15, -0.1) is 12.4 Å². The number of nitrogens with zero attached hydrogens (tertiary/aromatic N) is 1. The minimum Gasteiger partial charge on any atom is -0.482 e. The SMILES string of the molecule is Cc1ccc(C)c2c1CC(C1=NCCN1)O2.Cl. The molecule has 1 aromatic carbocycles. The van der Waals surface area contributed by atoms with Crippen molar-refractivity contribution in [3.63, 3.8) is 0 Å². The summed E-state index contributed by atoms with van der Waals surface area (Å²) in [7, 11) is 0. The highest BCUT2D eigenvalue weighted by molar-refractivity contribution is 5.89. The Labute approximate surface area is 108 Å². The van der Waals surface area contributed by atoms with Gasteiger partial charge in [0.1, 0.15) is 11.6 Å². The zero-order chi connectivity index (χ0) is 11.1. The molecular formula is C13H17ClN2O. The molecule has 2 heterocycles. The van der Waals surface area contributed by atoms with Gasteiger partial charge in [0.05, 0.1) is 6.54 Å². The zero-order valence-electron chi connectivity index (χ0n) is 10.1. The highest BCUT2D eigenvalue weighted by Gasteiger charge is 2.30. The van der Waals surface area contributed by atoms with Crippen molar-refractivity contribution in [2.75, 3.05) is 13.1 Å². The van der Waals surface area contributed by atoms with E-state index in [-0.39, 0.29) is 18.5 Å². The van der Waals surface area contributed by atoms with Gasteiger partial charge < -0.3 is 10.1 Å². The lowest BCUT2D eigenvalue weighted by Crippen LogP contribution is -2.34. The molecule has 0 saturated carbocycles. The van der Waals surface area contributed by atoms with Crippen LogP contribution in [0.15, 0.2) is 17.1 Å². The number of benzene rings is 1. The number of amidine groups is 1. The van der Waals surface area contributed by atoms with E-state index in [0.717, 1.165) is 31.1 Å². The Bertz CT molecular complexity index is 440. The average Bonchev–Trinajstić information content (AvgIpc) is 2.90. The summed E-state index contributed by atoms with van der Waals surface area (Å²) in [4.78, 5) is 4.44. The van der Waals surface area contributed by atoms with E-state index >= 15 is 0 Å². The molecule has 92 valence electrons. The number of fused-ring (bicyclic) bond motifs is 1. The molecule has 17 heavy (non-hydrogen) atoms. The third kappa shape index (κ3) is 2.00. The Morgan fingerprint density at radius 3 is 2.71 bits per heavy atom. The minimum absolute atomic E-state index is 0. The molecule has 3 nitrogen and oxygen atoms in total. The van der Waals surface area contributed by atoms with Gasteiger partial charge in [0.2, 0.25) is 0 Å². The normalized spacial score (nSPS) is 21.1. The van der Waals surface area contributed by atoms with Crippen molar-refractivity contribution in [2.45, 2.75) is 26.4 Å². The van der Waals surface area contributed by atoms with E-state index in [1.807, 2.05) is 0 Å². The van der Waals surface area contributed by atoms with Crippen LogP contribution < -0.4 is 10.1 Å². The first-order valence-electron chi connectivity index (χ1n) is 5.79. The molecule has 2 aliphatic heterocycles. The topological polar surface area (TPSA) is 33.6 Å². The fraction of sp³-hybridized carbons (Fsp3) is 0.462. The molecule has 3 rings (SSSR count). The number of hydrogen-bond donors (Lipinski definition) is 1. The predicted molar refractivity (Wildman–Crippen MR) is 71.6 cm³/mol. The standard InChI is InChI=1S/C13H16N2O.ClH/c1-8-3-4-9(2)12-10(8)7-11(16-12)13-14-5-6-15-13;/h3-4,11H,5-7H2,1-2H3,(H,14,15);1H. The second-order valence-electron chi connectivity index (χ2n) is 4.51. The fourth-order valence-electron chi connectivity index (χ4n) is 2.41. The maximum Gasteiger partial charge on any atom is 0.159 e. The van der Waals surface area contributed by atoms with Crippen LogP contribution in [-0.4, -0.2) is 25.0 Å². The van der Waals surface area contributed by atoms with Crippen molar-refractivity contribution in [1.82, 2.24) is 5.32 Å². The molecule has 0 saturated heterocycles. The lowest BCUT2D eigenvalue weighted by atomic mass is 10.0. The van der Waals surface area contributed by atoms with Crippen LogP contribution in [0.2, 0.25) is 0 Å². The highest BCUT2D eigenvalue weighted by Crippen LogP contribution is 2.34. The fourth-order valence-corrected chi connectivity index (χ4v) is 2.41. The summed E-state index contributed by atoms with van der Waals surface area (Å²) in [5.74, 6) is 2.09. The van der Waals surface area contributed by atoms with Crippen LogP contribution in [0.1, 0.15) is 16.7 Å². The van der Waals surface area contributed by atoms with Crippen molar-refractivity contribution in [3.8, 4) is 5.75 Å². The number of rotatable bonds is 1. The predicted octanol–water partition coefficient (Wildman–Crippen LogP) is 2.03. The van der Waals surface area contributed by atoms with Crippen LogP contribution in [0.4, 0.5) is 0 Å². The first-order chi connectivity index (χ1) is 7.75. The Morgan fingerprint density at radius 2 is 2.06 bits per heavy atom. The van der Waals surface area contributed by atoms with Gasteiger partial charge in [-0.2, -0.15) is 0 Å². The molecule has 0 aliphatic carbocycles. The minimum atomic E-state index is 0. The number of halogens is 1. The Morgan fingerprint density at radius 1 is 1.29 bits per heavy atom. The van der Waals surface area contributed by atoms with Crippen LogP contribution in [0, 0.1) is 13.8 Å². The maximum atomic E-state index is 6.01. The van der Waals surface area contributed by atoms with E-state index in [0.29, 0.717) is 0 Å². The molecule has 4 heteroatoms. The Hall–Kier alpha value is -1.22. The Kier molecular flexibility index (Phi) is 3.29. The molecule has 1 N–H and O–H groups in total. The van der Waals surface area contributed by atoms with Gasteiger partial charge in [0.25, 0.3) is 0 Å². The first-order valence-corrected chi connectivity index (χ1v) is 5.79. The lowest BCUT2D eigenvalue weighted by molar-refractivity contribution is 0.296. The quantitative estimate of drug-likeness (QED) is 0.830. The molecular weight excluding hydrogens is 236 g/mol. The van der Waals surface area contributed by atoms with E-state index in [1.54, 1.807) is 0 Å². The second-order valence-corrected chi connectivity index (χ2v) is 4.51. The number of ether oxygens (including phenoxy) is 1. The van der Waals surface area contributed by atoms with Gasteiger partial charge in [-0.1, -0.05) is 12.1 Å². The molecule has 0 fully saturated rings. The zero-order valence-corrected chi connectivity index (χ0v) is 10.9. The largest absolute Gasteiger partial charge is 0.482 e. The van der Waals surface area contributed by atoms with Crippen LogP contribution in [-0.2, 0) is 6.42 Å². The van der Waals surface area contributed by atoms with Gasteiger partial charge in [0.15, 0.2) is 6.10 Å². The molecule has 0 radical (unpaired) electrons. The van der Waals surface area contributed by atoms with Crippen molar-refractivity contribution in [2.24, 2.45) is 4.99 Å². The first kappa shape index (κ1) is 12.2. The highest BCUT2D eigenvalue weighted by atomic mass is 35.5. The van der Waals surface area contributed by atoms with Crippen molar-refractivity contribution < 1.29 is 4.74 Å².